The molecule has 4 nitrogen and oxygen atoms in total. The minimum absolute atomic E-state index is 0.271. The van der Waals surface area contributed by atoms with Crippen molar-refractivity contribution in [2.24, 2.45) is 5.73 Å². The molecule has 4 heteroatoms. The van der Waals surface area contributed by atoms with Gasteiger partial charge in [0, 0.05) is 6.61 Å². The Labute approximate surface area is 73.0 Å². The predicted octanol–water partition coefficient (Wildman–Crippen LogP) is 0.303. The molecular weight excluding hydrogens is 158 g/mol. The van der Waals surface area contributed by atoms with Gasteiger partial charge in [-0.05, 0) is 20.8 Å². The largest absolute Gasteiger partial charge is 0.462 e. The van der Waals surface area contributed by atoms with Crippen LogP contribution in [0.2, 0.25) is 0 Å². The predicted molar refractivity (Wildman–Crippen MR) is 45.7 cm³/mol. The maximum absolute atomic E-state index is 11.0. The molecule has 0 amide bonds. The zero-order valence-electron chi connectivity index (χ0n) is 7.92. The van der Waals surface area contributed by atoms with E-state index in [-0.39, 0.29) is 6.61 Å². The summed E-state index contributed by atoms with van der Waals surface area (Å²) in [5.74, 6) is -0.401. The van der Waals surface area contributed by atoms with Gasteiger partial charge in [0.2, 0.25) is 0 Å². The highest BCUT2D eigenvalue weighted by atomic mass is 16.6. The molecule has 0 bridgehead atoms. The second-order valence-electron chi connectivity index (χ2n) is 3.05. The molecule has 0 aromatic rings. The zero-order valence-corrected chi connectivity index (χ0v) is 7.92. The maximum Gasteiger partial charge on any atom is 0.325 e. The van der Waals surface area contributed by atoms with Gasteiger partial charge in [-0.25, -0.2) is 0 Å². The van der Waals surface area contributed by atoms with E-state index in [1.165, 1.54) is 0 Å². The highest BCUT2D eigenvalue weighted by Crippen LogP contribution is 1.99. The van der Waals surface area contributed by atoms with Crippen LogP contribution in [0.1, 0.15) is 20.8 Å². The molecule has 0 aliphatic carbocycles. The molecule has 0 aromatic carbocycles. The fraction of sp³-hybridized carbons (Fsp3) is 0.875. The lowest BCUT2D eigenvalue weighted by atomic mass is 10.1. The SMILES string of the molecule is CCOCCOC(=O)C(C)(C)N. The van der Waals surface area contributed by atoms with Crippen molar-refractivity contribution in [1.29, 1.82) is 0 Å². The van der Waals surface area contributed by atoms with E-state index in [0.29, 0.717) is 13.2 Å². The Kier molecular flexibility index (Phi) is 4.85. The molecule has 0 aromatic heterocycles. The van der Waals surface area contributed by atoms with E-state index in [1.807, 2.05) is 6.92 Å². The number of carbonyl (C=O) groups is 1. The first-order chi connectivity index (χ1) is 5.48. The van der Waals surface area contributed by atoms with E-state index in [0.717, 1.165) is 0 Å². The van der Waals surface area contributed by atoms with Crippen molar-refractivity contribution >= 4 is 5.97 Å². The molecule has 0 aliphatic heterocycles. The van der Waals surface area contributed by atoms with Gasteiger partial charge < -0.3 is 15.2 Å². The summed E-state index contributed by atoms with van der Waals surface area (Å²) in [6, 6.07) is 0. The number of carbonyl (C=O) groups excluding carboxylic acids is 1. The average molecular weight is 175 g/mol. The van der Waals surface area contributed by atoms with Crippen molar-refractivity contribution in [3.63, 3.8) is 0 Å². The molecule has 72 valence electrons. The van der Waals surface area contributed by atoms with E-state index in [2.05, 4.69) is 0 Å². The van der Waals surface area contributed by atoms with Gasteiger partial charge in [0.25, 0.3) is 0 Å². The third-order valence-corrected chi connectivity index (χ3v) is 1.19. The van der Waals surface area contributed by atoms with Gasteiger partial charge in [-0.1, -0.05) is 0 Å². The fourth-order valence-electron chi connectivity index (χ4n) is 0.524. The topological polar surface area (TPSA) is 61.5 Å². The number of nitrogens with two attached hydrogens (primary N) is 1. The van der Waals surface area contributed by atoms with E-state index in [4.69, 9.17) is 15.2 Å². The molecule has 0 spiro atoms. The first-order valence-electron chi connectivity index (χ1n) is 4.02. The Balaban J connectivity index is 3.45. The Bertz CT molecular complexity index is 140. The van der Waals surface area contributed by atoms with Crippen molar-refractivity contribution in [3.05, 3.63) is 0 Å². The molecule has 0 aliphatic rings. The first-order valence-corrected chi connectivity index (χ1v) is 4.02. The normalized spacial score (nSPS) is 11.3. The van der Waals surface area contributed by atoms with Gasteiger partial charge in [-0.2, -0.15) is 0 Å². The van der Waals surface area contributed by atoms with Crippen LogP contribution in [0.5, 0.6) is 0 Å². The summed E-state index contributed by atoms with van der Waals surface area (Å²) in [6.07, 6.45) is 0. The molecule has 0 atom stereocenters. The van der Waals surface area contributed by atoms with Crippen LogP contribution in [0.15, 0.2) is 0 Å². The summed E-state index contributed by atoms with van der Waals surface area (Å²) >= 11 is 0. The van der Waals surface area contributed by atoms with Crippen LogP contribution in [0, 0.1) is 0 Å². The molecule has 0 unspecified atom stereocenters. The lowest BCUT2D eigenvalue weighted by molar-refractivity contribution is -0.150. The van der Waals surface area contributed by atoms with Crippen LogP contribution in [-0.4, -0.2) is 31.3 Å². The minimum atomic E-state index is -0.911. The number of esters is 1. The van der Waals surface area contributed by atoms with E-state index in [9.17, 15) is 4.79 Å². The summed E-state index contributed by atoms with van der Waals surface area (Å²) in [4.78, 5) is 11.0. The summed E-state index contributed by atoms with van der Waals surface area (Å²) in [6.45, 7) is 6.43. The van der Waals surface area contributed by atoms with E-state index in [1.54, 1.807) is 13.8 Å². The second-order valence-corrected chi connectivity index (χ2v) is 3.05. The Hall–Kier alpha value is -0.610. The van der Waals surface area contributed by atoms with Crippen molar-refractivity contribution in [1.82, 2.24) is 0 Å². The quantitative estimate of drug-likeness (QED) is 0.482. The van der Waals surface area contributed by atoms with Crippen LogP contribution in [0.3, 0.4) is 0 Å². The van der Waals surface area contributed by atoms with Gasteiger partial charge in [0.1, 0.15) is 12.1 Å². The number of hydrogen-bond acceptors (Lipinski definition) is 4. The molecule has 0 saturated heterocycles. The molecule has 0 rings (SSSR count). The van der Waals surface area contributed by atoms with Gasteiger partial charge in [-0.15, -0.1) is 0 Å². The van der Waals surface area contributed by atoms with Crippen molar-refractivity contribution < 1.29 is 14.3 Å². The Morgan fingerprint density at radius 1 is 1.42 bits per heavy atom. The lowest BCUT2D eigenvalue weighted by Gasteiger charge is -2.16. The van der Waals surface area contributed by atoms with Gasteiger partial charge in [0.05, 0.1) is 6.61 Å². The van der Waals surface area contributed by atoms with E-state index >= 15 is 0 Å². The number of rotatable bonds is 5. The highest BCUT2D eigenvalue weighted by molar-refractivity contribution is 5.79. The molecule has 0 fully saturated rings. The third-order valence-electron chi connectivity index (χ3n) is 1.19. The van der Waals surface area contributed by atoms with Gasteiger partial charge >= 0.3 is 5.97 Å². The molecule has 0 saturated carbocycles. The average Bonchev–Trinajstić information content (AvgIpc) is 1.96. The second kappa shape index (κ2) is 5.11. The highest BCUT2D eigenvalue weighted by Gasteiger charge is 2.23. The van der Waals surface area contributed by atoms with Crippen LogP contribution >= 0.6 is 0 Å². The molecule has 0 heterocycles. The molecular formula is C8H17NO3. The summed E-state index contributed by atoms with van der Waals surface area (Å²) in [7, 11) is 0. The summed E-state index contributed by atoms with van der Waals surface area (Å²) < 4.78 is 9.80. The van der Waals surface area contributed by atoms with Crippen LogP contribution in [0.25, 0.3) is 0 Å². The smallest absolute Gasteiger partial charge is 0.325 e. The van der Waals surface area contributed by atoms with Gasteiger partial charge in [0.15, 0.2) is 0 Å². The third kappa shape index (κ3) is 5.09. The van der Waals surface area contributed by atoms with Crippen molar-refractivity contribution in [2.45, 2.75) is 26.3 Å². The van der Waals surface area contributed by atoms with Gasteiger partial charge in [-0.3, -0.25) is 4.79 Å². The number of ether oxygens (including phenoxy) is 2. The summed E-state index contributed by atoms with van der Waals surface area (Å²) in [5.41, 5.74) is 4.57. The number of hydrogen-bond donors (Lipinski definition) is 1. The molecule has 12 heavy (non-hydrogen) atoms. The minimum Gasteiger partial charge on any atom is -0.462 e. The first kappa shape index (κ1) is 11.4. The lowest BCUT2D eigenvalue weighted by Crippen LogP contribution is -2.43. The van der Waals surface area contributed by atoms with E-state index < -0.39 is 11.5 Å². The molecule has 0 radical (unpaired) electrons. The zero-order chi connectivity index (χ0) is 9.61. The van der Waals surface area contributed by atoms with Crippen LogP contribution < -0.4 is 5.73 Å². The van der Waals surface area contributed by atoms with Crippen LogP contribution in [-0.2, 0) is 14.3 Å². The maximum atomic E-state index is 11.0. The van der Waals surface area contributed by atoms with Crippen LogP contribution in [0.4, 0.5) is 0 Å². The Morgan fingerprint density at radius 3 is 2.42 bits per heavy atom. The fourth-order valence-corrected chi connectivity index (χ4v) is 0.524. The molecule has 2 N–H and O–H groups in total. The summed E-state index contributed by atoms with van der Waals surface area (Å²) in [5, 5.41) is 0. The van der Waals surface area contributed by atoms with Crippen molar-refractivity contribution in [2.75, 3.05) is 19.8 Å². The monoisotopic (exact) mass is 175 g/mol. The standard InChI is InChI=1S/C8H17NO3/c1-4-11-5-6-12-7(10)8(2,3)9/h4-6,9H2,1-3H3. The van der Waals surface area contributed by atoms with Crippen molar-refractivity contribution in [3.8, 4) is 0 Å². The Morgan fingerprint density at radius 2 is 2.00 bits per heavy atom.